The van der Waals surface area contributed by atoms with Gasteiger partial charge in [-0.1, -0.05) is 36.4 Å². The van der Waals surface area contributed by atoms with Crippen molar-refractivity contribution in [2.75, 3.05) is 10.6 Å². The molecule has 3 aromatic rings. The summed E-state index contributed by atoms with van der Waals surface area (Å²) in [5.74, 6) is -0.163. The molecule has 3 aromatic carbocycles. The van der Waals surface area contributed by atoms with Gasteiger partial charge in [0.2, 0.25) is 5.91 Å². The van der Waals surface area contributed by atoms with Gasteiger partial charge in [-0.05, 0) is 74.7 Å². The van der Waals surface area contributed by atoms with Gasteiger partial charge in [0.15, 0.2) is 0 Å². The molecule has 0 saturated carbocycles. The van der Waals surface area contributed by atoms with Gasteiger partial charge in [0.05, 0.1) is 5.25 Å². The van der Waals surface area contributed by atoms with Crippen LogP contribution in [-0.4, -0.2) is 17.1 Å². The van der Waals surface area contributed by atoms with Gasteiger partial charge in [0.25, 0.3) is 5.91 Å². The van der Waals surface area contributed by atoms with Gasteiger partial charge >= 0.3 is 0 Å². The lowest BCUT2D eigenvalue weighted by atomic mass is 10.1. The van der Waals surface area contributed by atoms with Crippen molar-refractivity contribution in [2.24, 2.45) is 0 Å². The van der Waals surface area contributed by atoms with Gasteiger partial charge in [0.1, 0.15) is 0 Å². The Kier molecular flexibility index (Phi) is 6.95. The van der Waals surface area contributed by atoms with Crippen molar-refractivity contribution >= 4 is 35.0 Å². The molecule has 0 fully saturated rings. The van der Waals surface area contributed by atoms with Gasteiger partial charge in [-0.25, -0.2) is 0 Å². The summed E-state index contributed by atoms with van der Waals surface area (Å²) < 4.78 is 0. The maximum Gasteiger partial charge on any atom is 0.255 e. The molecule has 0 radical (unpaired) electrons. The Bertz CT molecular complexity index is 1040. The van der Waals surface area contributed by atoms with Crippen molar-refractivity contribution in [3.8, 4) is 0 Å². The summed E-state index contributed by atoms with van der Waals surface area (Å²) in [7, 11) is 0. The van der Waals surface area contributed by atoms with Gasteiger partial charge in [-0.2, -0.15) is 0 Å². The van der Waals surface area contributed by atoms with Crippen molar-refractivity contribution in [3.63, 3.8) is 0 Å². The number of aryl methyl sites for hydroxylation is 3. The number of rotatable bonds is 6. The molecular weight excluding hydrogens is 392 g/mol. The van der Waals surface area contributed by atoms with E-state index in [0.717, 1.165) is 33.0 Å². The minimum atomic E-state index is -0.253. The Labute approximate surface area is 182 Å². The van der Waals surface area contributed by atoms with E-state index >= 15 is 0 Å². The van der Waals surface area contributed by atoms with Crippen molar-refractivity contribution in [3.05, 3.63) is 89.0 Å². The van der Waals surface area contributed by atoms with Crippen molar-refractivity contribution in [1.29, 1.82) is 0 Å². The lowest BCUT2D eigenvalue weighted by Gasteiger charge is -2.15. The first-order valence-corrected chi connectivity index (χ1v) is 10.7. The Morgan fingerprint density at radius 2 is 1.37 bits per heavy atom. The summed E-state index contributed by atoms with van der Waals surface area (Å²) in [6, 6.07) is 21.0. The molecule has 30 heavy (non-hydrogen) atoms. The molecule has 1 unspecified atom stereocenters. The minimum absolute atomic E-state index is 0.0330. The van der Waals surface area contributed by atoms with E-state index in [2.05, 4.69) is 10.6 Å². The summed E-state index contributed by atoms with van der Waals surface area (Å²) in [4.78, 5) is 26.0. The molecule has 3 rings (SSSR count). The second-order valence-corrected chi connectivity index (χ2v) is 8.72. The Hall–Kier alpha value is -3.05. The summed E-state index contributed by atoms with van der Waals surface area (Å²) in [6.45, 7) is 7.79. The minimum Gasteiger partial charge on any atom is -0.325 e. The highest BCUT2D eigenvalue weighted by molar-refractivity contribution is 8.00. The largest absolute Gasteiger partial charge is 0.325 e. The number of benzene rings is 3. The van der Waals surface area contributed by atoms with E-state index in [1.54, 1.807) is 0 Å². The summed E-state index contributed by atoms with van der Waals surface area (Å²) >= 11 is 1.48. The fourth-order valence-electron chi connectivity index (χ4n) is 3.14. The zero-order valence-corrected chi connectivity index (χ0v) is 18.5. The molecule has 0 aliphatic carbocycles. The molecular formula is C25H26N2O2S. The topological polar surface area (TPSA) is 58.2 Å². The SMILES string of the molecule is Cc1ccccc1C(=O)Nc1ccc(SC(C)C(=O)Nc2c(C)cccc2C)cc1. The molecule has 2 N–H and O–H groups in total. The molecule has 0 heterocycles. The number of nitrogens with one attached hydrogen (secondary N) is 2. The molecule has 154 valence electrons. The van der Waals surface area contributed by atoms with Gasteiger partial charge < -0.3 is 10.6 Å². The van der Waals surface area contributed by atoms with Crippen LogP contribution in [0.25, 0.3) is 0 Å². The predicted molar refractivity (Wildman–Crippen MR) is 125 cm³/mol. The number of hydrogen-bond donors (Lipinski definition) is 2. The number of thioether (sulfide) groups is 1. The van der Waals surface area contributed by atoms with Crippen LogP contribution in [0.4, 0.5) is 11.4 Å². The quantitative estimate of drug-likeness (QED) is 0.484. The Morgan fingerprint density at radius 1 is 0.767 bits per heavy atom. The fraction of sp³-hybridized carbons (Fsp3) is 0.200. The van der Waals surface area contributed by atoms with Crippen molar-refractivity contribution in [1.82, 2.24) is 0 Å². The van der Waals surface area contributed by atoms with Crippen LogP contribution in [0.3, 0.4) is 0 Å². The first-order chi connectivity index (χ1) is 14.3. The molecule has 2 amide bonds. The number of amides is 2. The highest BCUT2D eigenvalue weighted by Gasteiger charge is 2.16. The summed E-state index contributed by atoms with van der Waals surface area (Å²) in [5, 5.41) is 5.71. The Balaban J connectivity index is 1.60. The molecule has 0 saturated heterocycles. The lowest BCUT2D eigenvalue weighted by molar-refractivity contribution is -0.115. The van der Waals surface area contributed by atoms with Crippen LogP contribution in [0.1, 0.15) is 34.0 Å². The molecule has 1 atom stereocenters. The number of para-hydroxylation sites is 1. The van der Waals surface area contributed by atoms with Crippen LogP contribution in [-0.2, 0) is 4.79 Å². The summed E-state index contributed by atoms with van der Waals surface area (Å²) in [5.41, 5.74) is 5.30. The average molecular weight is 419 g/mol. The van der Waals surface area contributed by atoms with Gasteiger partial charge in [0, 0.05) is 21.8 Å². The molecule has 4 nitrogen and oxygen atoms in total. The molecule has 0 aromatic heterocycles. The molecule has 0 spiro atoms. The molecule has 5 heteroatoms. The van der Waals surface area contributed by atoms with E-state index < -0.39 is 0 Å². The maximum atomic E-state index is 12.6. The third-order valence-electron chi connectivity index (χ3n) is 4.91. The number of carbonyl (C=O) groups is 2. The van der Waals surface area contributed by atoms with E-state index in [-0.39, 0.29) is 17.1 Å². The zero-order valence-electron chi connectivity index (χ0n) is 17.7. The van der Waals surface area contributed by atoms with E-state index in [4.69, 9.17) is 0 Å². The summed E-state index contributed by atoms with van der Waals surface area (Å²) in [6.07, 6.45) is 0. The third kappa shape index (κ3) is 5.30. The van der Waals surface area contributed by atoms with Crippen LogP contribution in [0.2, 0.25) is 0 Å². The van der Waals surface area contributed by atoms with Gasteiger partial charge in [-0.15, -0.1) is 11.8 Å². The van der Waals surface area contributed by atoms with Crippen LogP contribution in [0.15, 0.2) is 71.6 Å². The fourth-order valence-corrected chi connectivity index (χ4v) is 4.00. The van der Waals surface area contributed by atoms with Crippen LogP contribution in [0, 0.1) is 20.8 Å². The number of carbonyl (C=O) groups excluding carboxylic acids is 2. The molecule has 0 aliphatic heterocycles. The molecule has 0 bridgehead atoms. The number of anilines is 2. The predicted octanol–water partition coefficient (Wildman–Crippen LogP) is 5.98. The van der Waals surface area contributed by atoms with E-state index in [0.29, 0.717) is 5.56 Å². The second-order valence-electron chi connectivity index (χ2n) is 7.31. The average Bonchev–Trinajstić information content (AvgIpc) is 2.72. The van der Waals surface area contributed by atoms with E-state index in [1.807, 2.05) is 94.4 Å². The maximum absolute atomic E-state index is 12.6. The van der Waals surface area contributed by atoms with Crippen molar-refractivity contribution < 1.29 is 9.59 Å². The number of hydrogen-bond acceptors (Lipinski definition) is 3. The highest BCUT2D eigenvalue weighted by atomic mass is 32.2. The van der Waals surface area contributed by atoms with Crippen molar-refractivity contribution in [2.45, 2.75) is 37.8 Å². The van der Waals surface area contributed by atoms with Crippen LogP contribution in [0.5, 0.6) is 0 Å². The zero-order chi connectivity index (χ0) is 21.7. The highest BCUT2D eigenvalue weighted by Crippen LogP contribution is 2.27. The standard InChI is InChI=1S/C25H26N2O2S/c1-16-8-5-6-11-22(16)25(29)26-20-12-14-21(15-13-20)30-19(4)24(28)27-23-17(2)9-7-10-18(23)3/h5-15,19H,1-4H3,(H,26,29)(H,27,28). The third-order valence-corrected chi connectivity index (χ3v) is 6.03. The van der Waals surface area contributed by atoms with E-state index in [1.165, 1.54) is 11.8 Å². The van der Waals surface area contributed by atoms with Gasteiger partial charge in [-0.3, -0.25) is 9.59 Å². The second kappa shape index (κ2) is 9.63. The van der Waals surface area contributed by atoms with Crippen LogP contribution >= 0.6 is 11.8 Å². The molecule has 0 aliphatic rings. The first-order valence-electron chi connectivity index (χ1n) is 9.86. The van der Waals surface area contributed by atoms with Crippen LogP contribution < -0.4 is 10.6 Å². The van der Waals surface area contributed by atoms with E-state index in [9.17, 15) is 9.59 Å². The normalized spacial score (nSPS) is 11.6. The smallest absolute Gasteiger partial charge is 0.255 e. The lowest BCUT2D eigenvalue weighted by Crippen LogP contribution is -2.23. The monoisotopic (exact) mass is 418 g/mol. The first kappa shape index (κ1) is 21.7. The Morgan fingerprint density at radius 3 is 2.00 bits per heavy atom.